The number of alkyl halides is 2. The lowest BCUT2D eigenvalue weighted by Crippen LogP contribution is -2.23. The van der Waals surface area contributed by atoms with E-state index < -0.39 is 6.43 Å². The third-order valence-electron chi connectivity index (χ3n) is 2.25. The maximum Gasteiger partial charge on any atom is 0.260 e. The second-order valence-electron chi connectivity index (χ2n) is 3.17. The molecule has 0 aliphatic rings. The minimum Gasteiger partial charge on any atom is -0.388 e. The number of rotatable bonds is 5. The molecular weight excluding hydrogens is 218 g/mol. The van der Waals surface area contributed by atoms with Crippen LogP contribution >= 0.6 is 12.2 Å². The zero-order chi connectivity index (χ0) is 12.0. The van der Waals surface area contributed by atoms with Crippen molar-refractivity contribution >= 4 is 22.9 Å². The van der Waals surface area contributed by atoms with Crippen LogP contribution < -0.4 is 5.73 Å². The second-order valence-corrected chi connectivity index (χ2v) is 3.61. The van der Waals surface area contributed by atoms with Gasteiger partial charge in [0.05, 0.1) is 5.71 Å². The summed E-state index contributed by atoms with van der Waals surface area (Å²) in [6.07, 6.45) is -1.84. The minimum atomic E-state index is -2.48. The first-order chi connectivity index (χ1) is 6.93. The highest BCUT2D eigenvalue weighted by molar-refractivity contribution is 7.82. The highest BCUT2D eigenvalue weighted by atomic mass is 32.1. The number of hydrogen-bond acceptors (Lipinski definition) is 2. The van der Waals surface area contributed by atoms with Crippen molar-refractivity contribution in [1.82, 2.24) is 0 Å². The number of hydrogen-bond donors (Lipinski definition) is 1. The lowest BCUT2D eigenvalue weighted by Gasteiger charge is -2.11. The van der Waals surface area contributed by atoms with Crippen LogP contribution in [0.2, 0.25) is 0 Å². The first-order valence-corrected chi connectivity index (χ1v) is 5.06. The zero-order valence-electron chi connectivity index (χ0n) is 9.18. The van der Waals surface area contributed by atoms with E-state index in [2.05, 4.69) is 4.99 Å². The molecule has 0 atom stereocenters. The molecule has 0 spiro atoms. The molecule has 15 heavy (non-hydrogen) atoms. The Kier molecular flexibility index (Phi) is 6.24. The standard InChI is InChI=1S/C10H16F2N2S/c1-4-6(2)7(9(11)12)5-8(14-3)10(13)15/h9H,4-5H2,1-3H3,(H2,13,15)/b7-6+,14-8?. The molecule has 5 heteroatoms. The molecule has 0 unspecified atom stereocenters. The van der Waals surface area contributed by atoms with Crippen LogP contribution in [-0.4, -0.2) is 24.2 Å². The molecule has 0 bridgehead atoms. The Morgan fingerprint density at radius 1 is 1.47 bits per heavy atom. The van der Waals surface area contributed by atoms with E-state index in [4.69, 9.17) is 18.0 Å². The van der Waals surface area contributed by atoms with Crippen LogP contribution in [0.4, 0.5) is 8.78 Å². The normalized spacial score (nSPS) is 14.1. The van der Waals surface area contributed by atoms with Gasteiger partial charge < -0.3 is 5.73 Å². The van der Waals surface area contributed by atoms with E-state index in [0.29, 0.717) is 17.7 Å². The number of nitrogens with two attached hydrogens (primary N) is 1. The summed E-state index contributed by atoms with van der Waals surface area (Å²) in [7, 11) is 1.50. The topological polar surface area (TPSA) is 38.4 Å². The summed E-state index contributed by atoms with van der Waals surface area (Å²) in [6, 6.07) is 0. The molecule has 0 fully saturated rings. The van der Waals surface area contributed by atoms with Crippen LogP contribution in [0.3, 0.4) is 0 Å². The summed E-state index contributed by atoms with van der Waals surface area (Å²) < 4.78 is 25.4. The van der Waals surface area contributed by atoms with Gasteiger partial charge in [-0.15, -0.1) is 0 Å². The Balaban J connectivity index is 4.94. The van der Waals surface area contributed by atoms with Crippen molar-refractivity contribution < 1.29 is 8.78 Å². The summed E-state index contributed by atoms with van der Waals surface area (Å²) in [4.78, 5) is 3.89. The Morgan fingerprint density at radius 2 is 2.00 bits per heavy atom. The van der Waals surface area contributed by atoms with E-state index in [9.17, 15) is 8.78 Å². The molecular formula is C10H16F2N2S. The third-order valence-corrected chi connectivity index (χ3v) is 2.49. The van der Waals surface area contributed by atoms with Crippen molar-refractivity contribution in [2.24, 2.45) is 10.7 Å². The predicted octanol–water partition coefficient (Wildman–Crippen LogP) is 2.73. The van der Waals surface area contributed by atoms with Gasteiger partial charge in [-0.2, -0.15) is 0 Å². The largest absolute Gasteiger partial charge is 0.388 e. The van der Waals surface area contributed by atoms with Crippen LogP contribution in [0.25, 0.3) is 0 Å². The van der Waals surface area contributed by atoms with Gasteiger partial charge in [0.25, 0.3) is 6.43 Å². The Bertz CT molecular complexity index is 296. The van der Waals surface area contributed by atoms with Crippen molar-refractivity contribution in [3.8, 4) is 0 Å². The highest BCUT2D eigenvalue weighted by Crippen LogP contribution is 2.20. The third kappa shape index (κ3) is 4.46. The van der Waals surface area contributed by atoms with Gasteiger partial charge in [0, 0.05) is 19.0 Å². The molecule has 0 saturated carbocycles. The molecule has 0 aromatic carbocycles. The van der Waals surface area contributed by atoms with Crippen molar-refractivity contribution in [3.05, 3.63) is 11.1 Å². The maximum absolute atomic E-state index is 12.7. The SMILES string of the molecule is CC/C(C)=C(\CC(=NC)C(N)=S)C(F)F. The van der Waals surface area contributed by atoms with Crippen LogP contribution in [0.15, 0.2) is 16.1 Å². The molecule has 0 radical (unpaired) electrons. The Morgan fingerprint density at radius 3 is 2.27 bits per heavy atom. The molecule has 2 nitrogen and oxygen atoms in total. The van der Waals surface area contributed by atoms with E-state index in [-0.39, 0.29) is 17.0 Å². The summed E-state index contributed by atoms with van der Waals surface area (Å²) in [6.45, 7) is 3.52. The quantitative estimate of drug-likeness (QED) is 0.451. The van der Waals surface area contributed by atoms with Gasteiger partial charge in [0.2, 0.25) is 0 Å². The average Bonchev–Trinajstić information content (AvgIpc) is 2.17. The molecule has 86 valence electrons. The molecule has 0 amide bonds. The van der Waals surface area contributed by atoms with E-state index in [0.717, 1.165) is 0 Å². The Hall–Kier alpha value is -0.840. The second kappa shape index (κ2) is 6.61. The van der Waals surface area contributed by atoms with E-state index in [1.165, 1.54) is 7.05 Å². The molecule has 0 saturated heterocycles. The van der Waals surface area contributed by atoms with Crippen molar-refractivity contribution in [2.45, 2.75) is 33.1 Å². The molecule has 0 rings (SSSR count). The molecule has 0 heterocycles. The van der Waals surface area contributed by atoms with Crippen LogP contribution in [0.1, 0.15) is 26.7 Å². The fourth-order valence-electron chi connectivity index (χ4n) is 1.10. The summed E-state index contributed by atoms with van der Waals surface area (Å²) in [5, 5.41) is 0. The van der Waals surface area contributed by atoms with Crippen molar-refractivity contribution in [2.75, 3.05) is 7.05 Å². The minimum absolute atomic E-state index is 0.0448. The number of thiocarbonyl (C=S) groups is 1. The molecule has 0 aromatic heterocycles. The highest BCUT2D eigenvalue weighted by Gasteiger charge is 2.17. The average molecular weight is 234 g/mol. The van der Waals surface area contributed by atoms with E-state index >= 15 is 0 Å². The summed E-state index contributed by atoms with van der Waals surface area (Å²) >= 11 is 4.72. The number of aliphatic imine (C=N–C) groups is 1. The van der Waals surface area contributed by atoms with E-state index in [1.54, 1.807) is 6.92 Å². The number of nitrogens with zero attached hydrogens (tertiary/aromatic N) is 1. The fraction of sp³-hybridized carbons (Fsp3) is 0.600. The van der Waals surface area contributed by atoms with E-state index in [1.807, 2.05) is 6.92 Å². The van der Waals surface area contributed by atoms with Gasteiger partial charge in [0.1, 0.15) is 4.99 Å². The lowest BCUT2D eigenvalue weighted by atomic mass is 10.0. The number of halogens is 2. The number of allylic oxidation sites excluding steroid dienone is 2. The van der Waals surface area contributed by atoms with Gasteiger partial charge >= 0.3 is 0 Å². The smallest absolute Gasteiger partial charge is 0.260 e. The monoisotopic (exact) mass is 234 g/mol. The lowest BCUT2D eigenvalue weighted by molar-refractivity contribution is 0.186. The molecule has 0 aliphatic heterocycles. The predicted molar refractivity (Wildman–Crippen MR) is 63.8 cm³/mol. The molecule has 2 N–H and O–H groups in total. The zero-order valence-corrected chi connectivity index (χ0v) is 10.00. The van der Waals surface area contributed by atoms with Gasteiger partial charge in [-0.1, -0.05) is 24.7 Å². The van der Waals surface area contributed by atoms with Gasteiger partial charge in [-0.05, 0) is 13.3 Å². The summed E-state index contributed by atoms with van der Waals surface area (Å²) in [5.74, 6) is 0. The maximum atomic E-state index is 12.7. The van der Waals surface area contributed by atoms with Gasteiger partial charge in [-0.3, -0.25) is 4.99 Å². The summed E-state index contributed by atoms with van der Waals surface area (Å²) in [5.41, 5.74) is 6.47. The van der Waals surface area contributed by atoms with Crippen molar-refractivity contribution in [3.63, 3.8) is 0 Å². The molecule has 0 aromatic rings. The van der Waals surface area contributed by atoms with Crippen LogP contribution in [0.5, 0.6) is 0 Å². The van der Waals surface area contributed by atoms with Crippen molar-refractivity contribution in [1.29, 1.82) is 0 Å². The first kappa shape index (κ1) is 14.2. The van der Waals surface area contributed by atoms with Crippen LogP contribution in [0, 0.1) is 0 Å². The van der Waals surface area contributed by atoms with Gasteiger partial charge in [0.15, 0.2) is 0 Å². The fourth-order valence-corrected chi connectivity index (χ4v) is 1.26. The first-order valence-electron chi connectivity index (χ1n) is 4.66. The molecule has 0 aliphatic carbocycles. The van der Waals surface area contributed by atoms with Crippen LogP contribution in [-0.2, 0) is 0 Å². The Labute approximate surface area is 94.3 Å². The van der Waals surface area contributed by atoms with Gasteiger partial charge in [-0.25, -0.2) is 8.78 Å².